The van der Waals surface area contributed by atoms with Gasteiger partial charge in [0.2, 0.25) is 11.8 Å². The summed E-state index contributed by atoms with van der Waals surface area (Å²) in [6, 6.07) is 0.701. The van der Waals surface area contributed by atoms with E-state index in [2.05, 4.69) is 24.5 Å². The van der Waals surface area contributed by atoms with Gasteiger partial charge in [0.05, 0.1) is 0 Å². The molecule has 1 aliphatic heterocycles. The molecule has 2 amide bonds. The Kier molecular flexibility index (Phi) is 7.72. The maximum Gasteiger partial charge on any atom is 0.222 e. The average molecular weight is 297 g/mol. The predicted molar refractivity (Wildman–Crippen MR) is 85.0 cm³/mol. The van der Waals surface area contributed by atoms with Crippen LogP contribution in [0.4, 0.5) is 0 Å². The van der Waals surface area contributed by atoms with Crippen LogP contribution in [-0.2, 0) is 9.59 Å². The van der Waals surface area contributed by atoms with E-state index in [1.54, 1.807) is 0 Å². The topological polar surface area (TPSA) is 61.4 Å². The minimum Gasteiger partial charge on any atom is -0.353 e. The van der Waals surface area contributed by atoms with Crippen LogP contribution in [0.2, 0.25) is 0 Å². The highest BCUT2D eigenvalue weighted by Gasteiger charge is 2.23. The van der Waals surface area contributed by atoms with Crippen LogP contribution in [0.3, 0.4) is 0 Å². The molecule has 0 atom stereocenters. The number of carbonyl (C=O) groups is 2. The standard InChI is InChI=1S/C16H31N3O2/c1-12(2)16(21)18-14-7-10-19(11-8-14)15(20)6-5-9-17-13(3)4/h12-14,17H,5-11H2,1-4H3,(H,18,21). The molecular formula is C16H31N3O2. The van der Waals surface area contributed by atoms with Gasteiger partial charge in [0.1, 0.15) is 0 Å². The number of piperidine rings is 1. The Balaban J connectivity index is 2.20. The third-order valence-electron chi connectivity index (χ3n) is 3.84. The zero-order valence-corrected chi connectivity index (χ0v) is 13.9. The molecule has 2 N–H and O–H groups in total. The molecule has 5 heteroatoms. The Bertz CT molecular complexity index is 334. The second-order valence-electron chi connectivity index (χ2n) is 6.53. The summed E-state index contributed by atoms with van der Waals surface area (Å²) in [4.78, 5) is 25.7. The van der Waals surface area contributed by atoms with Crippen molar-refractivity contribution in [2.24, 2.45) is 5.92 Å². The van der Waals surface area contributed by atoms with Gasteiger partial charge in [0, 0.05) is 37.5 Å². The summed E-state index contributed by atoms with van der Waals surface area (Å²) in [7, 11) is 0. The lowest BCUT2D eigenvalue weighted by molar-refractivity contribution is -0.132. The molecule has 1 aliphatic rings. The Labute approximate surface area is 128 Å². The van der Waals surface area contributed by atoms with E-state index in [0.717, 1.165) is 38.9 Å². The molecule has 5 nitrogen and oxygen atoms in total. The molecule has 0 aromatic rings. The van der Waals surface area contributed by atoms with Crippen LogP contribution in [0.1, 0.15) is 53.4 Å². The lowest BCUT2D eigenvalue weighted by atomic mass is 10.0. The maximum absolute atomic E-state index is 12.1. The number of hydrogen-bond acceptors (Lipinski definition) is 3. The molecule has 1 saturated heterocycles. The van der Waals surface area contributed by atoms with Gasteiger partial charge in [-0.1, -0.05) is 27.7 Å². The van der Waals surface area contributed by atoms with E-state index in [-0.39, 0.29) is 23.8 Å². The van der Waals surface area contributed by atoms with E-state index in [4.69, 9.17) is 0 Å². The molecule has 21 heavy (non-hydrogen) atoms. The second kappa shape index (κ2) is 9.03. The molecule has 0 bridgehead atoms. The normalized spacial score (nSPS) is 16.6. The van der Waals surface area contributed by atoms with E-state index < -0.39 is 0 Å². The van der Waals surface area contributed by atoms with E-state index in [9.17, 15) is 9.59 Å². The summed E-state index contributed by atoms with van der Waals surface area (Å²) in [6.07, 6.45) is 3.24. The predicted octanol–water partition coefficient (Wildman–Crippen LogP) is 1.53. The number of carbonyl (C=O) groups excluding carboxylic acids is 2. The molecule has 1 fully saturated rings. The first kappa shape index (κ1) is 18.0. The van der Waals surface area contributed by atoms with Crippen LogP contribution in [0.15, 0.2) is 0 Å². The van der Waals surface area contributed by atoms with E-state index in [0.29, 0.717) is 12.5 Å². The van der Waals surface area contributed by atoms with Gasteiger partial charge < -0.3 is 15.5 Å². The number of nitrogens with one attached hydrogen (secondary N) is 2. The fraction of sp³-hybridized carbons (Fsp3) is 0.875. The first-order valence-corrected chi connectivity index (χ1v) is 8.21. The minimum atomic E-state index is 0.0260. The summed E-state index contributed by atoms with van der Waals surface area (Å²) >= 11 is 0. The van der Waals surface area contributed by atoms with Crippen LogP contribution in [0.5, 0.6) is 0 Å². The van der Waals surface area contributed by atoms with Crippen molar-refractivity contribution < 1.29 is 9.59 Å². The summed E-state index contributed by atoms with van der Waals surface area (Å²) < 4.78 is 0. The quantitative estimate of drug-likeness (QED) is 0.701. The third-order valence-corrected chi connectivity index (χ3v) is 3.84. The number of amides is 2. The number of rotatable bonds is 7. The lowest BCUT2D eigenvalue weighted by Crippen LogP contribution is -2.47. The molecule has 1 rings (SSSR count). The van der Waals surface area contributed by atoms with Crippen molar-refractivity contribution >= 4 is 11.8 Å². The van der Waals surface area contributed by atoms with Gasteiger partial charge >= 0.3 is 0 Å². The van der Waals surface area contributed by atoms with Crippen LogP contribution >= 0.6 is 0 Å². The highest BCUT2D eigenvalue weighted by molar-refractivity contribution is 5.78. The summed E-state index contributed by atoms with van der Waals surface area (Å²) in [6.45, 7) is 10.4. The Morgan fingerprint density at radius 3 is 2.29 bits per heavy atom. The van der Waals surface area contributed by atoms with Gasteiger partial charge in [0.15, 0.2) is 0 Å². The molecule has 0 radical (unpaired) electrons. The van der Waals surface area contributed by atoms with Crippen LogP contribution in [-0.4, -0.2) is 48.4 Å². The molecule has 0 aliphatic carbocycles. The summed E-state index contributed by atoms with van der Waals surface area (Å²) in [5.41, 5.74) is 0. The number of hydrogen-bond donors (Lipinski definition) is 2. The highest BCUT2D eigenvalue weighted by Crippen LogP contribution is 2.12. The molecule has 1 heterocycles. The van der Waals surface area contributed by atoms with Gasteiger partial charge in [-0.25, -0.2) is 0 Å². The molecule has 122 valence electrons. The zero-order chi connectivity index (χ0) is 15.8. The first-order chi connectivity index (χ1) is 9.90. The monoisotopic (exact) mass is 297 g/mol. The van der Waals surface area contributed by atoms with Crippen LogP contribution < -0.4 is 10.6 Å². The summed E-state index contributed by atoms with van der Waals surface area (Å²) in [5.74, 6) is 0.381. The number of likely N-dealkylation sites (tertiary alicyclic amines) is 1. The van der Waals surface area contributed by atoms with Crippen molar-refractivity contribution in [1.29, 1.82) is 0 Å². The Morgan fingerprint density at radius 1 is 1.14 bits per heavy atom. The SMILES string of the molecule is CC(C)NCCCC(=O)N1CCC(NC(=O)C(C)C)CC1. The second-order valence-corrected chi connectivity index (χ2v) is 6.53. The minimum absolute atomic E-state index is 0.0260. The third kappa shape index (κ3) is 6.93. The van der Waals surface area contributed by atoms with Crippen molar-refractivity contribution in [3.63, 3.8) is 0 Å². The van der Waals surface area contributed by atoms with Crippen molar-refractivity contribution in [3.05, 3.63) is 0 Å². The van der Waals surface area contributed by atoms with Crippen molar-refractivity contribution in [2.45, 2.75) is 65.5 Å². The van der Waals surface area contributed by atoms with Crippen molar-refractivity contribution in [3.8, 4) is 0 Å². The Morgan fingerprint density at radius 2 is 1.76 bits per heavy atom. The fourth-order valence-corrected chi connectivity index (χ4v) is 2.43. The highest BCUT2D eigenvalue weighted by atomic mass is 16.2. The molecule has 0 aromatic carbocycles. The molecular weight excluding hydrogens is 266 g/mol. The van der Waals surface area contributed by atoms with Gasteiger partial charge in [-0.15, -0.1) is 0 Å². The van der Waals surface area contributed by atoms with E-state index in [1.807, 2.05) is 18.7 Å². The van der Waals surface area contributed by atoms with Gasteiger partial charge in [0.25, 0.3) is 0 Å². The number of nitrogens with zero attached hydrogens (tertiary/aromatic N) is 1. The maximum atomic E-state index is 12.1. The fourth-order valence-electron chi connectivity index (χ4n) is 2.43. The van der Waals surface area contributed by atoms with Crippen LogP contribution in [0, 0.1) is 5.92 Å². The lowest BCUT2D eigenvalue weighted by Gasteiger charge is -2.32. The van der Waals surface area contributed by atoms with E-state index in [1.165, 1.54) is 0 Å². The van der Waals surface area contributed by atoms with Gasteiger partial charge in [-0.05, 0) is 25.8 Å². The smallest absolute Gasteiger partial charge is 0.222 e. The molecule has 0 spiro atoms. The van der Waals surface area contributed by atoms with Gasteiger partial charge in [-0.3, -0.25) is 9.59 Å². The Hall–Kier alpha value is -1.10. The zero-order valence-electron chi connectivity index (χ0n) is 13.9. The van der Waals surface area contributed by atoms with Crippen molar-refractivity contribution in [1.82, 2.24) is 15.5 Å². The largest absolute Gasteiger partial charge is 0.353 e. The first-order valence-electron chi connectivity index (χ1n) is 8.21. The average Bonchev–Trinajstić information content (AvgIpc) is 2.43. The molecule has 0 saturated carbocycles. The van der Waals surface area contributed by atoms with Crippen molar-refractivity contribution in [2.75, 3.05) is 19.6 Å². The van der Waals surface area contributed by atoms with Crippen LogP contribution in [0.25, 0.3) is 0 Å². The molecule has 0 aromatic heterocycles. The van der Waals surface area contributed by atoms with E-state index >= 15 is 0 Å². The molecule has 0 unspecified atom stereocenters. The summed E-state index contributed by atoms with van der Waals surface area (Å²) in [5, 5.41) is 6.38. The van der Waals surface area contributed by atoms with Gasteiger partial charge in [-0.2, -0.15) is 0 Å².